The van der Waals surface area contributed by atoms with E-state index in [-0.39, 0.29) is 6.09 Å². The van der Waals surface area contributed by atoms with Gasteiger partial charge in [-0.05, 0) is 71.2 Å². The third-order valence-corrected chi connectivity index (χ3v) is 3.72. The normalized spacial score (nSPS) is 11.4. The van der Waals surface area contributed by atoms with Crippen LogP contribution in [0.2, 0.25) is 0 Å². The molecule has 0 unspecified atom stereocenters. The number of aryl methyl sites for hydroxylation is 2. The zero-order valence-electron chi connectivity index (χ0n) is 15.5. The summed E-state index contributed by atoms with van der Waals surface area (Å²) in [6.45, 7) is 15.1. The molecule has 4 heteroatoms. The van der Waals surface area contributed by atoms with Crippen LogP contribution in [-0.4, -0.2) is 36.2 Å². The minimum atomic E-state index is -0.438. The van der Waals surface area contributed by atoms with Gasteiger partial charge in [-0.2, -0.15) is 0 Å². The first-order chi connectivity index (χ1) is 10.7. The van der Waals surface area contributed by atoms with Gasteiger partial charge >= 0.3 is 6.09 Å². The molecule has 0 heterocycles. The van der Waals surface area contributed by atoms with Gasteiger partial charge in [-0.3, -0.25) is 0 Å². The third-order valence-electron chi connectivity index (χ3n) is 3.72. The Morgan fingerprint density at radius 1 is 1.22 bits per heavy atom. The predicted molar refractivity (Wildman–Crippen MR) is 95.7 cm³/mol. The quantitative estimate of drug-likeness (QED) is 0.771. The van der Waals surface area contributed by atoms with Crippen molar-refractivity contribution in [2.75, 3.05) is 19.6 Å². The van der Waals surface area contributed by atoms with E-state index in [0.29, 0.717) is 13.1 Å². The second-order valence-electron chi connectivity index (χ2n) is 7.01. The van der Waals surface area contributed by atoms with Gasteiger partial charge in [-0.1, -0.05) is 18.2 Å². The van der Waals surface area contributed by atoms with Crippen LogP contribution in [-0.2, 0) is 11.3 Å². The Balaban J connectivity index is 2.29. The molecular formula is C19H32N2O2. The Labute approximate surface area is 141 Å². The van der Waals surface area contributed by atoms with Gasteiger partial charge < -0.3 is 15.0 Å². The van der Waals surface area contributed by atoms with E-state index in [9.17, 15) is 4.79 Å². The Bertz CT molecular complexity index is 507. The van der Waals surface area contributed by atoms with E-state index in [0.717, 1.165) is 19.5 Å². The van der Waals surface area contributed by atoms with Crippen molar-refractivity contribution < 1.29 is 9.53 Å². The molecule has 0 radical (unpaired) electrons. The molecule has 0 aliphatic carbocycles. The molecule has 1 amide bonds. The number of hydrogen-bond acceptors (Lipinski definition) is 3. The van der Waals surface area contributed by atoms with Crippen molar-refractivity contribution in [3.63, 3.8) is 0 Å². The number of benzene rings is 1. The van der Waals surface area contributed by atoms with Crippen LogP contribution in [0.4, 0.5) is 4.79 Å². The first-order valence-electron chi connectivity index (χ1n) is 8.47. The zero-order chi connectivity index (χ0) is 17.5. The highest BCUT2D eigenvalue weighted by molar-refractivity contribution is 5.68. The predicted octanol–water partition coefficient (Wildman–Crippen LogP) is 4.04. The van der Waals surface area contributed by atoms with Gasteiger partial charge in [0, 0.05) is 19.6 Å². The van der Waals surface area contributed by atoms with Crippen molar-refractivity contribution in [3.8, 4) is 0 Å². The van der Waals surface area contributed by atoms with Gasteiger partial charge in [-0.15, -0.1) is 0 Å². The average molecular weight is 320 g/mol. The van der Waals surface area contributed by atoms with Gasteiger partial charge in [0.25, 0.3) is 0 Å². The smallest absolute Gasteiger partial charge is 0.410 e. The lowest BCUT2D eigenvalue weighted by molar-refractivity contribution is 0.0258. The number of ether oxygens (including phenoxy) is 1. The van der Waals surface area contributed by atoms with Crippen molar-refractivity contribution in [2.45, 2.75) is 60.1 Å². The van der Waals surface area contributed by atoms with Crippen LogP contribution >= 0.6 is 0 Å². The van der Waals surface area contributed by atoms with Crippen LogP contribution < -0.4 is 5.32 Å². The van der Waals surface area contributed by atoms with E-state index in [2.05, 4.69) is 37.4 Å². The first-order valence-corrected chi connectivity index (χ1v) is 8.47. The van der Waals surface area contributed by atoms with Crippen LogP contribution in [0, 0.1) is 13.8 Å². The molecular weight excluding hydrogens is 288 g/mol. The lowest BCUT2D eigenvalue weighted by atomic mass is 10.1. The van der Waals surface area contributed by atoms with Crippen molar-refractivity contribution >= 4 is 6.09 Å². The number of hydrogen-bond donors (Lipinski definition) is 1. The lowest BCUT2D eigenvalue weighted by Crippen LogP contribution is -2.38. The maximum Gasteiger partial charge on any atom is 0.410 e. The van der Waals surface area contributed by atoms with Gasteiger partial charge in [0.1, 0.15) is 5.60 Å². The summed E-state index contributed by atoms with van der Waals surface area (Å²) in [5, 5.41) is 3.44. The standard InChI is InChI=1S/C19H32N2O2/c1-7-21(18(22)23-19(4,5)6)12-8-11-20-14-17-10-9-15(2)16(3)13-17/h9-10,13,20H,7-8,11-12,14H2,1-6H3. The molecule has 0 atom stereocenters. The molecule has 1 rings (SSSR count). The highest BCUT2D eigenvalue weighted by Gasteiger charge is 2.20. The number of rotatable bonds is 7. The van der Waals surface area contributed by atoms with E-state index < -0.39 is 5.60 Å². The Kier molecular flexibility index (Phi) is 7.56. The molecule has 0 bridgehead atoms. The maximum atomic E-state index is 12.0. The molecule has 0 aliphatic heterocycles. The monoisotopic (exact) mass is 320 g/mol. The maximum absolute atomic E-state index is 12.0. The molecule has 0 aromatic heterocycles. The summed E-state index contributed by atoms with van der Waals surface area (Å²) in [5.41, 5.74) is 3.51. The van der Waals surface area contributed by atoms with Crippen molar-refractivity contribution in [2.24, 2.45) is 0 Å². The fourth-order valence-electron chi connectivity index (χ4n) is 2.25. The Hall–Kier alpha value is -1.55. The van der Waals surface area contributed by atoms with Gasteiger partial charge in [0.2, 0.25) is 0 Å². The second-order valence-corrected chi connectivity index (χ2v) is 7.01. The van der Waals surface area contributed by atoms with Crippen LogP contribution in [0.5, 0.6) is 0 Å². The first kappa shape index (κ1) is 19.5. The molecule has 1 aromatic carbocycles. The molecule has 1 N–H and O–H groups in total. The molecule has 4 nitrogen and oxygen atoms in total. The summed E-state index contributed by atoms with van der Waals surface area (Å²) < 4.78 is 5.41. The minimum absolute atomic E-state index is 0.228. The Morgan fingerprint density at radius 3 is 2.48 bits per heavy atom. The molecule has 0 spiro atoms. The molecule has 23 heavy (non-hydrogen) atoms. The van der Waals surface area contributed by atoms with Crippen molar-refractivity contribution in [1.82, 2.24) is 10.2 Å². The molecule has 0 aliphatic rings. The van der Waals surface area contributed by atoms with Gasteiger partial charge in [0.15, 0.2) is 0 Å². The number of carbonyl (C=O) groups is 1. The van der Waals surface area contributed by atoms with Crippen molar-refractivity contribution in [1.29, 1.82) is 0 Å². The largest absolute Gasteiger partial charge is 0.444 e. The summed E-state index contributed by atoms with van der Waals surface area (Å²) in [6, 6.07) is 6.55. The van der Waals surface area contributed by atoms with Crippen LogP contribution in [0.3, 0.4) is 0 Å². The fraction of sp³-hybridized carbons (Fsp3) is 0.632. The molecule has 0 fully saturated rings. The van der Waals surface area contributed by atoms with E-state index >= 15 is 0 Å². The van der Waals surface area contributed by atoms with E-state index in [1.807, 2.05) is 27.7 Å². The number of nitrogens with one attached hydrogen (secondary N) is 1. The highest BCUT2D eigenvalue weighted by atomic mass is 16.6. The average Bonchev–Trinajstić information content (AvgIpc) is 2.44. The van der Waals surface area contributed by atoms with Crippen LogP contribution in [0.25, 0.3) is 0 Å². The SMILES string of the molecule is CCN(CCCNCc1ccc(C)c(C)c1)C(=O)OC(C)(C)C. The lowest BCUT2D eigenvalue weighted by Gasteiger charge is -2.26. The Morgan fingerprint density at radius 2 is 1.91 bits per heavy atom. The summed E-state index contributed by atoms with van der Waals surface area (Å²) in [4.78, 5) is 13.8. The summed E-state index contributed by atoms with van der Waals surface area (Å²) >= 11 is 0. The van der Waals surface area contributed by atoms with E-state index in [1.165, 1.54) is 16.7 Å². The highest BCUT2D eigenvalue weighted by Crippen LogP contribution is 2.11. The number of carbonyl (C=O) groups excluding carboxylic acids is 1. The topological polar surface area (TPSA) is 41.6 Å². The minimum Gasteiger partial charge on any atom is -0.444 e. The fourth-order valence-corrected chi connectivity index (χ4v) is 2.25. The van der Waals surface area contributed by atoms with Gasteiger partial charge in [-0.25, -0.2) is 4.79 Å². The van der Waals surface area contributed by atoms with E-state index in [1.54, 1.807) is 4.90 Å². The molecule has 0 saturated carbocycles. The number of nitrogens with zero attached hydrogens (tertiary/aromatic N) is 1. The summed E-state index contributed by atoms with van der Waals surface area (Å²) in [7, 11) is 0. The van der Waals surface area contributed by atoms with Crippen LogP contribution in [0.1, 0.15) is 50.8 Å². The second kappa shape index (κ2) is 8.92. The van der Waals surface area contributed by atoms with Crippen molar-refractivity contribution in [3.05, 3.63) is 34.9 Å². The zero-order valence-corrected chi connectivity index (χ0v) is 15.5. The van der Waals surface area contributed by atoms with Crippen LogP contribution in [0.15, 0.2) is 18.2 Å². The van der Waals surface area contributed by atoms with Gasteiger partial charge in [0.05, 0.1) is 0 Å². The molecule has 130 valence electrons. The third kappa shape index (κ3) is 7.51. The summed E-state index contributed by atoms with van der Waals surface area (Å²) in [6.07, 6.45) is 0.687. The molecule has 1 aromatic rings. The molecule has 0 saturated heterocycles. The van der Waals surface area contributed by atoms with E-state index in [4.69, 9.17) is 4.74 Å². The summed E-state index contributed by atoms with van der Waals surface area (Å²) in [5.74, 6) is 0. The number of amides is 1.